The number of rotatable bonds is 10. The van der Waals surface area contributed by atoms with Gasteiger partial charge in [0.05, 0.1) is 18.8 Å². The molecule has 0 aliphatic heterocycles. The van der Waals surface area contributed by atoms with Gasteiger partial charge in [0.15, 0.2) is 0 Å². The lowest BCUT2D eigenvalue weighted by atomic mass is 9.93. The van der Waals surface area contributed by atoms with Gasteiger partial charge in [-0.05, 0) is 79.3 Å². The fourth-order valence-corrected chi connectivity index (χ4v) is 4.04. The highest BCUT2D eigenvalue weighted by Gasteiger charge is 2.15. The van der Waals surface area contributed by atoms with Gasteiger partial charge in [0.25, 0.3) is 0 Å². The summed E-state index contributed by atoms with van der Waals surface area (Å²) in [5.74, 6) is 0.724. The van der Waals surface area contributed by atoms with Crippen LogP contribution in [-0.2, 0) is 13.2 Å². The highest BCUT2D eigenvalue weighted by atomic mass is 16.5. The Morgan fingerprint density at radius 3 is 2.24 bits per heavy atom. The average Bonchev–Trinajstić information content (AvgIpc) is 3.16. The summed E-state index contributed by atoms with van der Waals surface area (Å²) < 4.78 is 17.8. The molecule has 0 spiro atoms. The zero-order valence-corrected chi connectivity index (χ0v) is 21.5. The Kier molecular flexibility index (Phi) is 7.69. The summed E-state index contributed by atoms with van der Waals surface area (Å²) >= 11 is 0. The molecule has 0 radical (unpaired) electrons. The smallest absolute Gasteiger partial charge is 0.440 e. The molecule has 0 saturated carbocycles. The first kappa shape index (κ1) is 26.0. The molecular weight excluding hydrogens is 472 g/mol. The van der Waals surface area contributed by atoms with Crippen molar-refractivity contribution in [1.82, 2.24) is 9.72 Å². The van der Waals surface area contributed by atoms with Crippen LogP contribution in [0.5, 0.6) is 11.5 Å². The molecule has 4 rings (SSSR count). The minimum Gasteiger partial charge on any atom is -0.493 e. The van der Waals surface area contributed by atoms with Crippen molar-refractivity contribution in [3.05, 3.63) is 104 Å². The van der Waals surface area contributed by atoms with Crippen LogP contribution in [0.3, 0.4) is 0 Å². The topological polar surface area (TPSA) is 107 Å². The molecule has 8 nitrogen and oxygen atoms in total. The highest BCUT2D eigenvalue weighted by Crippen LogP contribution is 2.33. The second kappa shape index (κ2) is 10.9. The van der Waals surface area contributed by atoms with E-state index in [1.54, 1.807) is 13.8 Å². The first-order valence-electron chi connectivity index (χ1n) is 12.2. The third kappa shape index (κ3) is 6.59. The third-order valence-electron chi connectivity index (χ3n) is 6.26. The Morgan fingerprint density at radius 1 is 0.919 bits per heavy atom. The van der Waals surface area contributed by atoms with Crippen LogP contribution in [0.15, 0.2) is 74.8 Å². The Morgan fingerprint density at radius 2 is 1.59 bits per heavy atom. The molecule has 0 atom stereocenters. The number of aromatic nitrogens is 2. The first-order valence-corrected chi connectivity index (χ1v) is 12.2. The quantitative estimate of drug-likeness (QED) is 0.327. The van der Waals surface area contributed by atoms with Gasteiger partial charge >= 0.3 is 11.4 Å². The standard InChI is InChI=1S/C29H32N2O6/c1-19-22(18-36-23-13-11-21(12-14-23)17-31-27(32)30-28(33)37-31)7-5-8-24(19)25-9-6-10-26(20(25)2)35-16-15-29(3,4)34/h5-14,34H,15-18H2,1-4H3,(H,30,32,33). The van der Waals surface area contributed by atoms with Gasteiger partial charge in [-0.25, -0.2) is 14.6 Å². The van der Waals surface area contributed by atoms with E-state index in [0.29, 0.717) is 25.4 Å². The molecule has 0 aliphatic rings. The fraction of sp³-hybridized carbons (Fsp3) is 0.310. The molecule has 2 N–H and O–H groups in total. The van der Waals surface area contributed by atoms with E-state index < -0.39 is 17.0 Å². The van der Waals surface area contributed by atoms with Crippen LogP contribution in [0.25, 0.3) is 11.1 Å². The molecule has 0 aliphatic carbocycles. The van der Waals surface area contributed by atoms with Crippen molar-refractivity contribution < 1.29 is 19.1 Å². The van der Waals surface area contributed by atoms with Crippen LogP contribution in [0.2, 0.25) is 0 Å². The molecule has 3 aromatic carbocycles. The van der Waals surface area contributed by atoms with Gasteiger partial charge in [-0.1, -0.05) is 42.5 Å². The normalized spacial score (nSPS) is 11.5. The molecule has 4 aromatic rings. The molecule has 1 aromatic heterocycles. The van der Waals surface area contributed by atoms with Gasteiger partial charge in [-0.2, -0.15) is 0 Å². The van der Waals surface area contributed by atoms with Gasteiger partial charge in [0.1, 0.15) is 18.1 Å². The average molecular weight is 505 g/mol. The molecule has 1 heterocycles. The van der Waals surface area contributed by atoms with Crippen molar-refractivity contribution in [1.29, 1.82) is 0 Å². The zero-order valence-electron chi connectivity index (χ0n) is 21.5. The minimum absolute atomic E-state index is 0.152. The molecule has 8 heteroatoms. The number of hydrogen-bond donors (Lipinski definition) is 2. The maximum absolute atomic E-state index is 11.6. The molecule has 194 valence electrons. The number of hydrogen-bond acceptors (Lipinski definition) is 6. The second-order valence-corrected chi connectivity index (χ2v) is 9.71. The van der Waals surface area contributed by atoms with E-state index in [1.165, 1.54) is 0 Å². The molecule has 0 fully saturated rings. The molecular formula is C29H32N2O6. The lowest BCUT2D eigenvalue weighted by Crippen LogP contribution is -2.21. The van der Waals surface area contributed by atoms with Crippen LogP contribution < -0.4 is 20.9 Å². The Balaban J connectivity index is 1.45. The largest absolute Gasteiger partial charge is 0.493 e. The number of ether oxygens (including phenoxy) is 2. The maximum Gasteiger partial charge on any atom is 0.440 e. The van der Waals surface area contributed by atoms with Gasteiger partial charge in [0, 0.05) is 6.42 Å². The lowest BCUT2D eigenvalue weighted by molar-refractivity contribution is 0.0552. The van der Waals surface area contributed by atoms with Crippen LogP contribution in [0.4, 0.5) is 0 Å². The van der Waals surface area contributed by atoms with E-state index in [9.17, 15) is 14.7 Å². The number of aliphatic hydroxyl groups is 1. The van der Waals surface area contributed by atoms with Gasteiger partial charge in [-0.3, -0.25) is 0 Å². The van der Waals surface area contributed by atoms with Gasteiger partial charge in [-0.15, -0.1) is 4.74 Å². The maximum atomic E-state index is 11.6. The molecule has 0 saturated heterocycles. The predicted molar refractivity (Wildman–Crippen MR) is 141 cm³/mol. The third-order valence-corrected chi connectivity index (χ3v) is 6.26. The van der Waals surface area contributed by atoms with E-state index >= 15 is 0 Å². The van der Waals surface area contributed by atoms with Crippen molar-refractivity contribution in [2.45, 2.75) is 52.9 Å². The number of nitrogens with zero attached hydrogens (tertiary/aromatic N) is 1. The molecule has 37 heavy (non-hydrogen) atoms. The molecule has 0 amide bonds. The van der Waals surface area contributed by atoms with Crippen molar-refractivity contribution >= 4 is 0 Å². The second-order valence-electron chi connectivity index (χ2n) is 9.71. The van der Waals surface area contributed by atoms with Gasteiger partial charge < -0.3 is 19.1 Å². The molecule has 0 bridgehead atoms. The van der Waals surface area contributed by atoms with E-state index in [-0.39, 0.29) is 6.54 Å². The number of benzene rings is 3. The van der Waals surface area contributed by atoms with E-state index in [2.05, 4.69) is 24.0 Å². The van der Waals surface area contributed by atoms with E-state index in [4.69, 9.17) is 14.0 Å². The van der Waals surface area contributed by atoms with Gasteiger partial charge in [0.2, 0.25) is 0 Å². The lowest BCUT2D eigenvalue weighted by Gasteiger charge is -2.19. The van der Waals surface area contributed by atoms with Crippen molar-refractivity contribution in [3.8, 4) is 22.6 Å². The summed E-state index contributed by atoms with van der Waals surface area (Å²) in [5, 5.41) is 9.96. The Labute approximate surface area is 215 Å². The monoisotopic (exact) mass is 504 g/mol. The van der Waals surface area contributed by atoms with Crippen molar-refractivity contribution in [2.24, 2.45) is 0 Å². The first-order chi connectivity index (χ1) is 17.6. The number of H-pyrrole nitrogens is 1. The Bertz CT molecular complexity index is 1470. The van der Waals surface area contributed by atoms with E-state index in [1.807, 2.05) is 55.5 Å². The van der Waals surface area contributed by atoms with Crippen LogP contribution in [-0.4, -0.2) is 27.0 Å². The van der Waals surface area contributed by atoms with E-state index in [0.717, 1.165) is 43.9 Å². The van der Waals surface area contributed by atoms with Crippen LogP contribution >= 0.6 is 0 Å². The summed E-state index contributed by atoms with van der Waals surface area (Å²) in [6.45, 7) is 8.67. The highest BCUT2D eigenvalue weighted by molar-refractivity contribution is 5.73. The summed E-state index contributed by atoms with van der Waals surface area (Å²) in [5.41, 5.74) is 4.89. The summed E-state index contributed by atoms with van der Waals surface area (Å²) in [4.78, 5) is 24.8. The fourth-order valence-electron chi connectivity index (χ4n) is 4.04. The molecule has 0 unspecified atom stereocenters. The summed E-state index contributed by atoms with van der Waals surface area (Å²) in [7, 11) is 0. The Hall–Kier alpha value is -4.04. The zero-order chi connectivity index (χ0) is 26.6. The van der Waals surface area contributed by atoms with Crippen molar-refractivity contribution in [2.75, 3.05) is 6.61 Å². The summed E-state index contributed by atoms with van der Waals surface area (Å²) in [6.07, 6.45) is 0.546. The summed E-state index contributed by atoms with van der Waals surface area (Å²) in [6, 6.07) is 19.5. The van der Waals surface area contributed by atoms with Crippen LogP contribution in [0.1, 0.15) is 42.5 Å². The number of aromatic amines is 1. The predicted octanol–water partition coefficient (Wildman–Crippen LogP) is 4.58. The van der Waals surface area contributed by atoms with Crippen molar-refractivity contribution in [3.63, 3.8) is 0 Å². The SMILES string of the molecule is Cc1c(COc2ccc(Cn3oc(=O)[nH]c3=O)cc2)cccc1-c1cccc(OCCC(C)(C)O)c1C. The van der Waals surface area contributed by atoms with Crippen LogP contribution in [0, 0.1) is 13.8 Å². The minimum atomic E-state index is -0.775. The number of nitrogens with one attached hydrogen (secondary N) is 1.